The van der Waals surface area contributed by atoms with Gasteiger partial charge in [-0.2, -0.15) is 0 Å². The van der Waals surface area contributed by atoms with Crippen molar-refractivity contribution in [3.63, 3.8) is 0 Å². The fourth-order valence-electron chi connectivity index (χ4n) is 0.506. The zero-order valence-electron chi connectivity index (χ0n) is 5.66. The van der Waals surface area contributed by atoms with E-state index in [0.29, 0.717) is 11.5 Å². The molecule has 1 rings (SSSR count). The van der Waals surface area contributed by atoms with Gasteiger partial charge in [-0.1, -0.05) is 6.92 Å². The van der Waals surface area contributed by atoms with E-state index in [4.69, 9.17) is 4.42 Å². The van der Waals surface area contributed by atoms with Crippen molar-refractivity contribution < 1.29 is 9.21 Å². The second-order valence-corrected chi connectivity index (χ2v) is 2.82. The number of hydrogen-bond acceptors (Lipinski definition) is 3. The lowest BCUT2D eigenvalue weighted by atomic mass is 10.6. The Balaban J connectivity index is 2.48. The van der Waals surface area contributed by atoms with Crippen molar-refractivity contribution in [1.29, 1.82) is 0 Å². The van der Waals surface area contributed by atoms with E-state index in [2.05, 4.69) is 0 Å². The van der Waals surface area contributed by atoms with Crippen molar-refractivity contribution in [2.45, 2.75) is 18.4 Å². The molecule has 1 heterocycles. The highest BCUT2D eigenvalue weighted by Gasteiger charge is 2.02. The fraction of sp³-hybridized carbons (Fsp3) is 0.286. The Morgan fingerprint density at radius 2 is 2.60 bits per heavy atom. The highest BCUT2D eigenvalue weighted by atomic mass is 32.2. The van der Waals surface area contributed by atoms with Gasteiger partial charge in [0.25, 0.3) is 0 Å². The van der Waals surface area contributed by atoms with Gasteiger partial charge < -0.3 is 4.42 Å². The van der Waals surface area contributed by atoms with Crippen LogP contribution in [0.25, 0.3) is 0 Å². The molecular formula is C7H8O2S. The molecule has 3 heteroatoms. The molecule has 0 aliphatic carbocycles. The van der Waals surface area contributed by atoms with Gasteiger partial charge in [-0.15, -0.1) is 0 Å². The summed E-state index contributed by atoms with van der Waals surface area (Å²) in [5, 5.41) is 0.807. The average molecular weight is 156 g/mol. The first-order valence-corrected chi connectivity index (χ1v) is 3.88. The zero-order valence-corrected chi connectivity index (χ0v) is 6.48. The third-order valence-corrected chi connectivity index (χ3v) is 1.95. The van der Waals surface area contributed by atoms with Crippen molar-refractivity contribution in [3.8, 4) is 0 Å². The number of rotatable bonds is 2. The van der Waals surface area contributed by atoms with Crippen LogP contribution in [0.4, 0.5) is 0 Å². The summed E-state index contributed by atoms with van der Waals surface area (Å²) in [6, 6.07) is 3.55. The minimum absolute atomic E-state index is 0.134. The molecule has 1 aromatic heterocycles. The van der Waals surface area contributed by atoms with E-state index in [1.54, 1.807) is 18.4 Å². The standard InChI is InChI=1S/C7H8O2S/c1-2-6(8)10-7-4-3-5-9-7/h3-5H,2H2,1H3. The third-order valence-electron chi connectivity index (χ3n) is 0.998. The third kappa shape index (κ3) is 1.92. The van der Waals surface area contributed by atoms with Crippen molar-refractivity contribution >= 4 is 16.9 Å². The van der Waals surface area contributed by atoms with Crippen molar-refractivity contribution in [2.75, 3.05) is 0 Å². The SMILES string of the molecule is CCC(=O)Sc1ccco1. The average Bonchev–Trinajstić information content (AvgIpc) is 2.40. The quantitative estimate of drug-likeness (QED) is 0.615. The molecule has 0 spiro atoms. The predicted molar refractivity (Wildman–Crippen MR) is 39.9 cm³/mol. The maximum atomic E-state index is 10.8. The molecule has 0 bridgehead atoms. The predicted octanol–water partition coefficient (Wildman–Crippen LogP) is 2.31. The van der Waals surface area contributed by atoms with Gasteiger partial charge in [0.1, 0.15) is 0 Å². The molecule has 0 unspecified atom stereocenters. The molecule has 0 aromatic carbocycles. The largest absolute Gasteiger partial charge is 0.458 e. The lowest BCUT2D eigenvalue weighted by molar-refractivity contribution is -0.110. The summed E-state index contributed by atoms with van der Waals surface area (Å²) in [6.45, 7) is 1.83. The van der Waals surface area contributed by atoms with Gasteiger partial charge >= 0.3 is 0 Å². The summed E-state index contributed by atoms with van der Waals surface area (Å²) in [5.41, 5.74) is 0. The lowest BCUT2D eigenvalue weighted by Gasteiger charge is -1.89. The summed E-state index contributed by atoms with van der Waals surface area (Å²) in [7, 11) is 0. The van der Waals surface area contributed by atoms with Gasteiger partial charge in [0.15, 0.2) is 10.2 Å². The van der Waals surface area contributed by atoms with Gasteiger partial charge in [0.05, 0.1) is 6.26 Å². The summed E-state index contributed by atoms with van der Waals surface area (Å²) in [4.78, 5) is 10.8. The molecule has 10 heavy (non-hydrogen) atoms. The van der Waals surface area contributed by atoms with Crippen LogP contribution in [0.1, 0.15) is 13.3 Å². The molecule has 0 aliphatic rings. The van der Waals surface area contributed by atoms with Gasteiger partial charge in [-0.3, -0.25) is 4.79 Å². The number of thioether (sulfide) groups is 1. The normalized spacial score (nSPS) is 9.70. The number of carbonyl (C=O) groups excluding carboxylic acids is 1. The van der Waals surface area contributed by atoms with Crippen LogP contribution in [0, 0.1) is 0 Å². The molecule has 0 fully saturated rings. The fourth-order valence-corrected chi connectivity index (χ4v) is 1.12. The summed E-state index contributed by atoms with van der Waals surface area (Å²) in [5.74, 6) is 0. The van der Waals surface area contributed by atoms with Gasteiger partial charge in [0.2, 0.25) is 0 Å². The van der Waals surface area contributed by atoms with Crippen LogP contribution < -0.4 is 0 Å². The van der Waals surface area contributed by atoms with Crippen LogP contribution in [-0.4, -0.2) is 5.12 Å². The highest BCUT2D eigenvalue weighted by Crippen LogP contribution is 2.19. The first kappa shape index (κ1) is 7.41. The molecule has 0 aliphatic heterocycles. The van der Waals surface area contributed by atoms with E-state index in [1.807, 2.05) is 6.92 Å². The van der Waals surface area contributed by atoms with Crippen LogP contribution in [-0.2, 0) is 4.79 Å². The Morgan fingerprint density at radius 3 is 3.10 bits per heavy atom. The van der Waals surface area contributed by atoms with Gasteiger partial charge in [-0.05, 0) is 23.9 Å². The zero-order chi connectivity index (χ0) is 7.40. The van der Waals surface area contributed by atoms with E-state index in [0.717, 1.165) is 11.8 Å². The minimum Gasteiger partial charge on any atom is -0.458 e. The molecule has 0 amide bonds. The molecule has 0 saturated heterocycles. The Bertz CT molecular complexity index is 203. The summed E-state index contributed by atoms with van der Waals surface area (Å²) in [6.07, 6.45) is 2.11. The van der Waals surface area contributed by atoms with Crippen LogP contribution in [0.3, 0.4) is 0 Å². The van der Waals surface area contributed by atoms with E-state index < -0.39 is 0 Å². The lowest BCUT2D eigenvalue weighted by Crippen LogP contribution is -1.84. The summed E-state index contributed by atoms with van der Waals surface area (Å²) >= 11 is 1.14. The molecule has 1 aromatic rings. The number of hydrogen-bond donors (Lipinski definition) is 0. The first-order valence-electron chi connectivity index (χ1n) is 3.07. The molecule has 0 N–H and O–H groups in total. The van der Waals surface area contributed by atoms with E-state index >= 15 is 0 Å². The summed E-state index contributed by atoms with van der Waals surface area (Å²) < 4.78 is 4.95. The first-order chi connectivity index (χ1) is 4.83. The molecule has 2 nitrogen and oxygen atoms in total. The Kier molecular flexibility index (Phi) is 2.57. The Morgan fingerprint density at radius 1 is 1.80 bits per heavy atom. The molecular weight excluding hydrogens is 148 g/mol. The van der Waals surface area contributed by atoms with Crippen molar-refractivity contribution in [3.05, 3.63) is 18.4 Å². The molecule has 54 valence electrons. The minimum atomic E-state index is 0.134. The van der Waals surface area contributed by atoms with Crippen LogP contribution in [0.2, 0.25) is 0 Å². The second-order valence-electron chi connectivity index (χ2n) is 1.76. The number of furan rings is 1. The number of carbonyl (C=O) groups is 1. The van der Waals surface area contributed by atoms with E-state index in [1.165, 1.54) is 0 Å². The topological polar surface area (TPSA) is 30.2 Å². The Hall–Kier alpha value is -0.700. The maximum Gasteiger partial charge on any atom is 0.196 e. The van der Waals surface area contributed by atoms with Crippen molar-refractivity contribution in [1.82, 2.24) is 0 Å². The van der Waals surface area contributed by atoms with Crippen LogP contribution in [0.5, 0.6) is 0 Å². The molecule has 0 atom stereocenters. The maximum absolute atomic E-state index is 10.8. The van der Waals surface area contributed by atoms with Crippen LogP contribution in [0.15, 0.2) is 27.9 Å². The van der Waals surface area contributed by atoms with Gasteiger partial charge in [0, 0.05) is 6.42 Å². The molecule has 0 radical (unpaired) electrons. The van der Waals surface area contributed by atoms with E-state index in [9.17, 15) is 4.79 Å². The van der Waals surface area contributed by atoms with Crippen LogP contribution >= 0.6 is 11.8 Å². The second kappa shape index (κ2) is 3.46. The monoisotopic (exact) mass is 156 g/mol. The highest BCUT2D eigenvalue weighted by molar-refractivity contribution is 8.13. The smallest absolute Gasteiger partial charge is 0.196 e. The van der Waals surface area contributed by atoms with Crippen molar-refractivity contribution in [2.24, 2.45) is 0 Å². The van der Waals surface area contributed by atoms with E-state index in [-0.39, 0.29) is 5.12 Å². The van der Waals surface area contributed by atoms with Gasteiger partial charge in [-0.25, -0.2) is 0 Å². The molecule has 0 saturated carbocycles. The Labute approximate surface area is 63.6 Å².